The number of imidazole rings is 1. The number of carbonyl (C=O) groups excluding carboxylic acids is 1. The van der Waals surface area contributed by atoms with Crippen molar-refractivity contribution in [2.75, 3.05) is 16.8 Å². The molecule has 0 fully saturated rings. The molecule has 0 radical (unpaired) electrons. The van der Waals surface area contributed by atoms with E-state index in [1.54, 1.807) is 17.3 Å². The molecule has 3 aromatic heterocycles. The predicted octanol–water partition coefficient (Wildman–Crippen LogP) is 3.57. The molecule has 8 nitrogen and oxygen atoms in total. The fourth-order valence-corrected chi connectivity index (χ4v) is 4.31. The number of hydrogen-bond donors (Lipinski definition) is 3. The minimum atomic E-state index is -0.607. The first-order valence-corrected chi connectivity index (χ1v) is 10.6. The van der Waals surface area contributed by atoms with E-state index in [1.807, 2.05) is 57.2 Å². The molecule has 1 aliphatic heterocycles. The highest BCUT2D eigenvalue weighted by atomic mass is 16.2. The van der Waals surface area contributed by atoms with Crippen LogP contribution in [0.4, 0.5) is 11.4 Å². The van der Waals surface area contributed by atoms with Crippen LogP contribution in [0.15, 0.2) is 53.6 Å². The van der Waals surface area contributed by atoms with Crippen LogP contribution in [0.3, 0.4) is 0 Å². The van der Waals surface area contributed by atoms with E-state index < -0.39 is 5.41 Å². The number of H-pyrrole nitrogens is 2. The number of anilines is 2. The van der Waals surface area contributed by atoms with Crippen molar-refractivity contribution in [2.24, 2.45) is 0 Å². The standard InChI is InChI=1S/C24H24N6O2/c1-4-30-19-12-18-17(11-15(19)24(2,3)23(30)32)28-21(29-18)20-16(8-10-26-22(20)31)27-13-14-7-5-6-9-25-14/h5-12H,4,13H2,1-3H3,(H,28,29)(H2,26,27,31). The van der Waals surface area contributed by atoms with Gasteiger partial charge in [0.15, 0.2) is 0 Å². The Morgan fingerprint density at radius 2 is 2.00 bits per heavy atom. The van der Waals surface area contributed by atoms with Gasteiger partial charge in [0.2, 0.25) is 5.91 Å². The number of aromatic nitrogens is 4. The predicted molar refractivity (Wildman–Crippen MR) is 125 cm³/mol. The molecule has 0 saturated heterocycles. The molecular formula is C24H24N6O2. The Morgan fingerprint density at radius 3 is 2.75 bits per heavy atom. The summed E-state index contributed by atoms with van der Waals surface area (Å²) in [5, 5.41) is 3.30. The lowest BCUT2D eigenvalue weighted by molar-refractivity contribution is -0.122. The summed E-state index contributed by atoms with van der Waals surface area (Å²) in [7, 11) is 0. The van der Waals surface area contributed by atoms with Crippen LogP contribution in [0.2, 0.25) is 0 Å². The summed E-state index contributed by atoms with van der Waals surface area (Å²) >= 11 is 0. The highest BCUT2D eigenvalue weighted by Crippen LogP contribution is 2.43. The van der Waals surface area contributed by atoms with Crippen LogP contribution in [0.1, 0.15) is 32.0 Å². The first-order chi connectivity index (χ1) is 15.4. The number of likely N-dealkylation sites (N-methyl/N-ethyl adjacent to an activating group) is 1. The number of carbonyl (C=O) groups is 1. The van der Waals surface area contributed by atoms with Crippen LogP contribution in [0.25, 0.3) is 22.4 Å². The molecule has 1 aromatic carbocycles. The van der Waals surface area contributed by atoms with Gasteiger partial charge in [-0.1, -0.05) is 6.07 Å². The highest BCUT2D eigenvalue weighted by molar-refractivity contribution is 6.09. The van der Waals surface area contributed by atoms with Crippen molar-refractivity contribution in [1.29, 1.82) is 0 Å². The largest absolute Gasteiger partial charge is 0.379 e. The molecule has 0 aliphatic carbocycles. The summed E-state index contributed by atoms with van der Waals surface area (Å²) in [6.07, 6.45) is 3.34. The highest BCUT2D eigenvalue weighted by Gasteiger charge is 2.43. The smallest absolute Gasteiger partial charge is 0.261 e. The maximum Gasteiger partial charge on any atom is 0.261 e. The number of rotatable bonds is 5. The molecule has 0 bridgehead atoms. The lowest BCUT2D eigenvalue weighted by Crippen LogP contribution is -2.35. The number of amides is 1. The molecule has 5 rings (SSSR count). The van der Waals surface area contributed by atoms with Crippen LogP contribution < -0.4 is 15.8 Å². The summed E-state index contributed by atoms with van der Waals surface area (Å²) in [5.74, 6) is 0.560. The number of nitrogens with zero attached hydrogens (tertiary/aromatic N) is 3. The Balaban J connectivity index is 1.58. The summed E-state index contributed by atoms with van der Waals surface area (Å²) in [4.78, 5) is 42.4. The number of pyridine rings is 2. The number of aromatic amines is 2. The Bertz CT molecular complexity index is 1390. The molecule has 0 unspecified atom stereocenters. The number of benzene rings is 1. The van der Waals surface area contributed by atoms with Crippen LogP contribution in [-0.2, 0) is 16.8 Å². The molecule has 4 heterocycles. The second kappa shape index (κ2) is 7.33. The van der Waals surface area contributed by atoms with Crippen LogP contribution in [0, 0.1) is 0 Å². The Hall–Kier alpha value is -3.94. The van der Waals surface area contributed by atoms with Gasteiger partial charge in [-0.15, -0.1) is 0 Å². The molecule has 4 aromatic rings. The van der Waals surface area contributed by atoms with Crippen molar-refractivity contribution in [3.05, 3.63) is 70.4 Å². The van der Waals surface area contributed by atoms with E-state index in [1.165, 1.54) is 0 Å². The molecule has 3 N–H and O–H groups in total. The van der Waals surface area contributed by atoms with Gasteiger partial charge in [0.05, 0.1) is 40.1 Å². The third kappa shape index (κ3) is 3.07. The van der Waals surface area contributed by atoms with Crippen LogP contribution in [-0.4, -0.2) is 32.4 Å². The minimum absolute atomic E-state index is 0.0865. The first-order valence-electron chi connectivity index (χ1n) is 10.6. The summed E-state index contributed by atoms with van der Waals surface area (Å²) in [6, 6.07) is 11.4. The van der Waals surface area contributed by atoms with Crippen molar-refractivity contribution < 1.29 is 4.79 Å². The number of hydrogen-bond acceptors (Lipinski definition) is 5. The number of fused-ring (bicyclic) bond motifs is 2. The fourth-order valence-electron chi connectivity index (χ4n) is 4.31. The van der Waals surface area contributed by atoms with Gasteiger partial charge in [-0.3, -0.25) is 14.6 Å². The second-order valence-corrected chi connectivity index (χ2v) is 8.42. The Labute approximate surface area is 184 Å². The minimum Gasteiger partial charge on any atom is -0.379 e. The van der Waals surface area contributed by atoms with E-state index in [0.29, 0.717) is 35.7 Å². The molecular weight excluding hydrogens is 404 g/mol. The van der Waals surface area contributed by atoms with Crippen molar-refractivity contribution in [3.8, 4) is 11.4 Å². The van der Waals surface area contributed by atoms with Crippen molar-refractivity contribution in [1.82, 2.24) is 19.9 Å². The average molecular weight is 428 g/mol. The third-order valence-corrected chi connectivity index (χ3v) is 6.04. The van der Waals surface area contributed by atoms with Gasteiger partial charge >= 0.3 is 0 Å². The average Bonchev–Trinajstić information content (AvgIpc) is 3.27. The molecule has 0 atom stereocenters. The third-order valence-electron chi connectivity index (χ3n) is 6.04. The zero-order chi connectivity index (χ0) is 22.5. The molecule has 1 aliphatic rings. The van der Waals surface area contributed by atoms with Gasteiger partial charge in [0, 0.05) is 18.9 Å². The first kappa shape index (κ1) is 20.0. The van der Waals surface area contributed by atoms with E-state index in [9.17, 15) is 9.59 Å². The fraction of sp³-hybridized carbons (Fsp3) is 0.250. The summed E-state index contributed by atoms with van der Waals surface area (Å²) in [6.45, 7) is 6.92. The van der Waals surface area contributed by atoms with Crippen LogP contribution >= 0.6 is 0 Å². The van der Waals surface area contributed by atoms with Gasteiger partial charge in [-0.05, 0) is 56.7 Å². The summed E-state index contributed by atoms with van der Waals surface area (Å²) in [5.41, 5.74) is 4.45. The molecule has 1 amide bonds. The monoisotopic (exact) mass is 428 g/mol. The van der Waals surface area contributed by atoms with Crippen molar-refractivity contribution >= 4 is 28.3 Å². The number of nitrogens with one attached hydrogen (secondary N) is 3. The van der Waals surface area contributed by atoms with Crippen molar-refractivity contribution in [3.63, 3.8) is 0 Å². The Kier molecular flexibility index (Phi) is 4.58. The van der Waals surface area contributed by atoms with E-state index in [0.717, 1.165) is 22.5 Å². The van der Waals surface area contributed by atoms with Gasteiger partial charge < -0.3 is 20.2 Å². The van der Waals surface area contributed by atoms with E-state index in [2.05, 4.69) is 20.3 Å². The molecule has 32 heavy (non-hydrogen) atoms. The Morgan fingerprint density at radius 1 is 1.16 bits per heavy atom. The van der Waals surface area contributed by atoms with E-state index in [4.69, 9.17) is 4.98 Å². The lowest BCUT2D eigenvalue weighted by Gasteiger charge is -2.18. The lowest BCUT2D eigenvalue weighted by atomic mass is 9.86. The molecule has 0 saturated carbocycles. The zero-order valence-corrected chi connectivity index (χ0v) is 18.2. The van der Waals surface area contributed by atoms with Gasteiger partial charge in [0.25, 0.3) is 5.56 Å². The zero-order valence-electron chi connectivity index (χ0n) is 18.2. The SMILES string of the molecule is CCN1C(=O)C(C)(C)c2cc3[nH]c(-c4c(NCc5ccccn5)cc[nH]c4=O)nc3cc21. The van der Waals surface area contributed by atoms with Crippen molar-refractivity contribution in [2.45, 2.75) is 32.7 Å². The topological polar surface area (TPSA) is 107 Å². The van der Waals surface area contributed by atoms with E-state index in [-0.39, 0.29) is 11.5 Å². The quantitative estimate of drug-likeness (QED) is 0.451. The van der Waals surface area contributed by atoms with Gasteiger partial charge in [-0.25, -0.2) is 4.98 Å². The molecule has 0 spiro atoms. The maximum atomic E-state index is 12.8. The van der Waals surface area contributed by atoms with Crippen LogP contribution in [0.5, 0.6) is 0 Å². The second-order valence-electron chi connectivity index (χ2n) is 8.42. The summed E-state index contributed by atoms with van der Waals surface area (Å²) < 4.78 is 0. The molecule has 162 valence electrons. The normalized spacial score (nSPS) is 14.7. The van der Waals surface area contributed by atoms with Gasteiger partial charge in [-0.2, -0.15) is 0 Å². The van der Waals surface area contributed by atoms with Gasteiger partial charge in [0.1, 0.15) is 11.4 Å². The molecule has 8 heteroatoms. The van der Waals surface area contributed by atoms with E-state index >= 15 is 0 Å². The maximum absolute atomic E-state index is 12.8.